The van der Waals surface area contributed by atoms with Crippen LogP contribution in [-0.2, 0) is 9.05 Å². The molecule has 1 unspecified atom stereocenters. The second-order valence-corrected chi connectivity index (χ2v) is 7.28. The van der Waals surface area contributed by atoms with E-state index in [1.165, 1.54) is 25.1 Å². The summed E-state index contributed by atoms with van der Waals surface area (Å²) in [6.45, 7) is 2.70. The van der Waals surface area contributed by atoms with Crippen molar-refractivity contribution >= 4 is 25.6 Å². The lowest BCUT2D eigenvalue weighted by atomic mass is 10.1. The molecule has 1 aliphatic carbocycles. The quantitative estimate of drug-likeness (QED) is 0.810. The monoisotopic (exact) mass is 290 g/mol. The van der Waals surface area contributed by atoms with E-state index < -0.39 is 9.05 Å². The topological polar surface area (TPSA) is 79.0 Å². The molecule has 0 aromatic carbocycles. The van der Waals surface area contributed by atoms with Gasteiger partial charge in [-0.05, 0) is 30.7 Å². The number of carbonyl (C=O) groups excluding carboxylic acids is 1. The van der Waals surface area contributed by atoms with Crippen molar-refractivity contribution in [1.82, 2.24) is 10.3 Å². The Morgan fingerprint density at radius 1 is 1.61 bits per heavy atom. The molecule has 100 valence electrons. The third-order valence-corrected chi connectivity index (χ3v) is 4.53. The molecule has 0 aliphatic heterocycles. The van der Waals surface area contributed by atoms with Crippen molar-refractivity contribution in [1.29, 1.82) is 0 Å². The first kappa shape index (κ1) is 13.4. The first-order valence-corrected chi connectivity index (χ1v) is 8.10. The normalized spacial score (nSPS) is 17.4. The van der Waals surface area contributed by atoms with Crippen LogP contribution in [0.25, 0.3) is 0 Å². The number of hydrogen-bond acceptors (Lipinski definition) is 3. The van der Waals surface area contributed by atoms with Crippen molar-refractivity contribution < 1.29 is 13.2 Å². The molecule has 7 heteroatoms. The molecule has 1 aliphatic rings. The minimum absolute atomic E-state index is 0.0930. The molecule has 1 aromatic rings. The molecule has 0 radical (unpaired) electrons. The van der Waals surface area contributed by atoms with Gasteiger partial charge in [0.25, 0.3) is 15.0 Å². The first-order chi connectivity index (χ1) is 8.38. The summed E-state index contributed by atoms with van der Waals surface area (Å²) < 4.78 is 22.1. The maximum atomic E-state index is 11.8. The zero-order valence-corrected chi connectivity index (χ0v) is 11.5. The van der Waals surface area contributed by atoms with Crippen LogP contribution in [-0.4, -0.2) is 25.9 Å². The van der Waals surface area contributed by atoms with E-state index in [0.717, 1.165) is 0 Å². The Morgan fingerprint density at radius 3 is 2.78 bits per heavy atom. The van der Waals surface area contributed by atoms with Crippen molar-refractivity contribution in [3.8, 4) is 0 Å². The molecular formula is C11H15ClN2O3S. The molecule has 0 saturated heterocycles. The molecule has 0 spiro atoms. The third-order valence-electron chi connectivity index (χ3n) is 3.19. The Hall–Kier alpha value is -1.01. The molecule has 1 heterocycles. The van der Waals surface area contributed by atoms with E-state index in [1.807, 2.05) is 0 Å². The van der Waals surface area contributed by atoms with Crippen molar-refractivity contribution in [2.24, 2.45) is 11.8 Å². The van der Waals surface area contributed by atoms with Crippen LogP contribution in [0.3, 0.4) is 0 Å². The molecule has 1 aromatic heterocycles. The summed E-state index contributed by atoms with van der Waals surface area (Å²) in [6.07, 6.45) is 3.67. The number of nitrogens with one attached hydrogen (secondary N) is 2. The Morgan fingerprint density at radius 2 is 2.28 bits per heavy atom. The second kappa shape index (κ2) is 4.93. The number of H-pyrrole nitrogens is 1. The fourth-order valence-corrected chi connectivity index (χ4v) is 2.55. The summed E-state index contributed by atoms with van der Waals surface area (Å²) >= 11 is 0. The fraction of sp³-hybridized carbons (Fsp3) is 0.545. The van der Waals surface area contributed by atoms with Gasteiger partial charge in [-0.15, -0.1) is 0 Å². The highest BCUT2D eigenvalue weighted by molar-refractivity contribution is 8.13. The Balaban J connectivity index is 1.94. The van der Waals surface area contributed by atoms with Crippen LogP contribution in [0.1, 0.15) is 30.3 Å². The van der Waals surface area contributed by atoms with Gasteiger partial charge < -0.3 is 10.3 Å². The van der Waals surface area contributed by atoms with Crippen molar-refractivity contribution in [3.63, 3.8) is 0 Å². The average Bonchev–Trinajstić information content (AvgIpc) is 3.00. The molecule has 2 rings (SSSR count). The highest BCUT2D eigenvalue weighted by Crippen LogP contribution is 2.36. The largest absolute Gasteiger partial charge is 0.356 e. The number of aromatic amines is 1. The van der Waals surface area contributed by atoms with Crippen LogP contribution in [0.5, 0.6) is 0 Å². The summed E-state index contributed by atoms with van der Waals surface area (Å²) in [4.78, 5) is 14.3. The van der Waals surface area contributed by atoms with E-state index in [9.17, 15) is 13.2 Å². The Bertz CT molecular complexity index is 548. The van der Waals surface area contributed by atoms with Gasteiger partial charge in [0, 0.05) is 23.4 Å². The molecular weight excluding hydrogens is 276 g/mol. The van der Waals surface area contributed by atoms with Gasteiger partial charge in [-0.25, -0.2) is 8.42 Å². The molecule has 0 bridgehead atoms. The number of rotatable bonds is 5. The zero-order valence-electron chi connectivity index (χ0n) is 9.94. The lowest BCUT2D eigenvalue weighted by Gasteiger charge is -2.10. The number of aromatic nitrogens is 1. The lowest BCUT2D eigenvalue weighted by Crippen LogP contribution is -2.29. The first-order valence-electron chi connectivity index (χ1n) is 5.79. The highest BCUT2D eigenvalue weighted by atomic mass is 35.7. The van der Waals surface area contributed by atoms with Crippen LogP contribution in [0.2, 0.25) is 0 Å². The van der Waals surface area contributed by atoms with Gasteiger partial charge in [-0.1, -0.05) is 6.92 Å². The average molecular weight is 291 g/mol. The summed E-state index contributed by atoms with van der Waals surface area (Å²) in [5.74, 6) is 0.863. The lowest BCUT2D eigenvalue weighted by molar-refractivity contribution is 0.0942. The van der Waals surface area contributed by atoms with Gasteiger partial charge in [0.15, 0.2) is 0 Å². The van der Waals surface area contributed by atoms with Crippen molar-refractivity contribution in [2.45, 2.75) is 24.7 Å². The second-order valence-electron chi connectivity index (χ2n) is 4.71. The standard InChI is InChI=1S/C11H15ClN2O3S/c1-7(8-2-3-8)5-14-11(15)10-4-9(6-13-10)18(12,16)17/h4,6-8,13H,2-3,5H2,1H3,(H,14,15). The summed E-state index contributed by atoms with van der Waals surface area (Å²) in [7, 11) is 1.39. The molecule has 1 fully saturated rings. The van der Waals surface area contributed by atoms with Crippen LogP contribution < -0.4 is 5.32 Å². The van der Waals surface area contributed by atoms with E-state index in [4.69, 9.17) is 10.7 Å². The predicted molar refractivity (Wildman–Crippen MR) is 68.1 cm³/mol. The van der Waals surface area contributed by atoms with Gasteiger partial charge in [-0.2, -0.15) is 0 Å². The predicted octanol–water partition coefficient (Wildman–Crippen LogP) is 1.72. The summed E-state index contributed by atoms with van der Waals surface area (Å²) in [5.41, 5.74) is 0.206. The van der Waals surface area contributed by atoms with E-state index in [0.29, 0.717) is 18.4 Å². The fourth-order valence-electron chi connectivity index (χ4n) is 1.83. The molecule has 5 nitrogen and oxygen atoms in total. The van der Waals surface area contributed by atoms with Crippen molar-refractivity contribution in [3.05, 3.63) is 18.0 Å². The third kappa shape index (κ3) is 3.26. The van der Waals surface area contributed by atoms with E-state index in [1.54, 1.807) is 0 Å². The Kier molecular flexibility index (Phi) is 3.68. The molecule has 18 heavy (non-hydrogen) atoms. The molecule has 1 amide bonds. The Labute approximate surface area is 110 Å². The van der Waals surface area contributed by atoms with E-state index >= 15 is 0 Å². The minimum atomic E-state index is -3.79. The summed E-state index contributed by atoms with van der Waals surface area (Å²) in [6, 6.07) is 1.24. The number of halogens is 1. The van der Waals surface area contributed by atoms with Gasteiger partial charge in [0.2, 0.25) is 0 Å². The molecule has 2 N–H and O–H groups in total. The van der Waals surface area contributed by atoms with Gasteiger partial charge in [0.05, 0.1) is 0 Å². The zero-order chi connectivity index (χ0) is 13.3. The number of carbonyl (C=O) groups is 1. The summed E-state index contributed by atoms with van der Waals surface area (Å²) in [5, 5.41) is 2.78. The highest BCUT2D eigenvalue weighted by Gasteiger charge is 2.28. The number of amides is 1. The van der Waals surface area contributed by atoms with Gasteiger partial charge >= 0.3 is 0 Å². The van der Waals surface area contributed by atoms with Crippen LogP contribution >= 0.6 is 10.7 Å². The molecule has 1 saturated carbocycles. The maximum Gasteiger partial charge on any atom is 0.267 e. The minimum Gasteiger partial charge on any atom is -0.356 e. The van der Waals surface area contributed by atoms with Crippen LogP contribution in [0.15, 0.2) is 17.2 Å². The van der Waals surface area contributed by atoms with Gasteiger partial charge in [-0.3, -0.25) is 4.79 Å². The van der Waals surface area contributed by atoms with Crippen LogP contribution in [0, 0.1) is 11.8 Å². The smallest absolute Gasteiger partial charge is 0.267 e. The van der Waals surface area contributed by atoms with E-state index in [2.05, 4.69) is 17.2 Å². The van der Waals surface area contributed by atoms with Crippen molar-refractivity contribution in [2.75, 3.05) is 6.54 Å². The number of hydrogen-bond donors (Lipinski definition) is 2. The SMILES string of the molecule is CC(CNC(=O)c1cc(S(=O)(=O)Cl)c[nH]1)C1CC1. The van der Waals surface area contributed by atoms with Crippen LogP contribution in [0.4, 0.5) is 0 Å². The molecule has 1 atom stereocenters. The van der Waals surface area contributed by atoms with Gasteiger partial charge in [0.1, 0.15) is 10.6 Å². The maximum absolute atomic E-state index is 11.8. The van der Waals surface area contributed by atoms with E-state index in [-0.39, 0.29) is 16.5 Å².